The summed E-state index contributed by atoms with van der Waals surface area (Å²) in [5, 5.41) is 1.29. The zero-order valence-corrected chi connectivity index (χ0v) is 15.3. The fourth-order valence-corrected chi connectivity index (χ4v) is 4.00. The third kappa shape index (κ3) is 2.59. The van der Waals surface area contributed by atoms with Gasteiger partial charge in [0.15, 0.2) is 0 Å². The highest BCUT2D eigenvalue weighted by Gasteiger charge is 2.51. The van der Waals surface area contributed by atoms with Crippen LogP contribution in [-0.2, 0) is 9.31 Å². The van der Waals surface area contributed by atoms with E-state index in [1.807, 2.05) is 11.3 Å². The number of hydrogen-bond acceptors (Lipinski definition) is 3. The standard InChI is InChI=1S/C20H21BO2S/c1-19(2)20(3,4)23-21(22-19)16-10-7-9-14(12-16)18-13-15-8-5-6-11-17(15)24-18/h5-13H,1-4H3. The molecule has 3 aromatic rings. The molecule has 122 valence electrons. The van der Waals surface area contributed by atoms with E-state index < -0.39 is 0 Å². The average Bonchev–Trinajstić information content (AvgIpc) is 3.06. The fourth-order valence-electron chi connectivity index (χ4n) is 2.94. The van der Waals surface area contributed by atoms with Gasteiger partial charge in [-0.25, -0.2) is 0 Å². The Labute approximate surface area is 147 Å². The minimum Gasteiger partial charge on any atom is -0.399 e. The highest BCUT2D eigenvalue weighted by Crippen LogP contribution is 2.37. The molecular formula is C20H21BO2S. The molecule has 0 amide bonds. The predicted octanol–water partition coefficient (Wildman–Crippen LogP) is 4.87. The van der Waals surface area contributed by atoms with Gasteiger partial charge in [0.1, 0.15) is 0 Å². The number of thiophene rings is 1. The summed E-state index contributed by atoms with van der Waals surface area (Å²) in [4.78, 5) is 1.27. The molecule has 0 bridgehead atoms. The Morgan fingerprint density at radius 2 is 1.54 bits per heavy atom. The van der Waals surface area contributed by atoms with E-state index in [-0.39, 0.29) is 18.3 Å². The van der Waals surface area contributed by atoms with E-state index in [0.29, 0.717) is 0 Å². The van der Waals surface area contributed by atoms with Crippen molar-refractivity contribution in [2.45, 2.75) is 38.9 Å². The topological polar surface area (TPSA) is 18.5 Å². The van der Waals surface area contributed by atoms with Crippen LogP contribution in [0.15, 0.2) is 54.6 Å². The van der Waals surface area contributed by atoms with Crippen molar-refractivity contribution in [1.82, 2.24) is 0 Å². The Hall–Kier alpha value is -1.62. The van der Waals surface area contributed by atoms with Crippen molar-refractivity contribution >= 4 is 34.0 Å². The van der Waals surface area contributed by atoms with Crippen molar-refractivity contribution in [2.24, 2.45) is 0 Å². The molecule has 0 radical (unpaired) electrons. The molecule has 4 heteroatoms. The van der Waals surface area contributed by atoms with Gasteiger partial charge in [-0.2, -0.15) is 0 Å². The first-order valence-electron chi connectivity index (χ1n) is 8.30. The number of rotatable bonds is 2. The largest absolute Gasteiger partial charge is 0.494 e. The zero-order chi connectivity index (χ0) is 16.9. The molecule has 0 atom stereocenters. The lowest BCUT2D eigenvalue weighted by atomic mass is 9.78. The van der Waals surface area contributed by atoms with Crippen molar-refractivity contribution < 1.29 is 9.31 Å². The molecule has 1 fully saturated rings. The monoisotopic (exact) mass is 336 g/mol. The maximum Gasteiger partial charge on any atom is 0.494 e. The minimum atomic E-state index is -0.315. The van der Waals surface area contributed by atoms with Crippen molar-refractivity contribution in [1.29, 1.82) is 0 Å². The van der Waals surface area contributed by atoms with E-state index in [1.165, 1.54) is 20.5 Å². The first-order valence-corrected chi connectivity index (χ1v) is 9.12. The second-order valence-corrected chi connectivity index (χ2v) is 8.45. The highest BCUT2D eigenvalue weighted by atomic mass is 32.1. The van der Waals surface area contributed by atoms with Crippen LogP contribution < -0.4 is 5.46 Å². The van der Waals surface area contributed by atoms with Crippen molar-refractivity contribution in [2.75, 3.05) is 0 Å². The first-order chi connectivity index (χ1) is 11.4. The quantitative estimate of drug-likeness (QED) is 0.622. The third-order valence-corrected chi connectivity index (χ3v) is 6.29. The fraction of sp³-hybridized carbons (Fsp3) is 0.300. The summed E-state index contributed by atoms with van der Waals surface area (Å²) in [6.45, 7) is 8.34. The van der Waals surface area contributed by atoms with Crippen molar-refractivity contribution in [3.05, 3.63) is 54.6 Å². The second-order valence-electron chi connectivity index (χ2n) is 7.36. The molecule has 0 unspecified atom stereocenters. The summed E-state index contributed by atoms with van der Waals surface area (Å²) in [6.07, 6.45) is 0. The van der Waals surface area contributed by atoms with Crippen LogP contribution in [0, 0.1) is 0 Å². The van der Waals surface area contributed by atoms with E-state index >= 15 is 0 Å². The SMILES string of the molecule is CC1(C)OB(c2cccc(-c3cc4ccccc4s3)c2)OC1(C)C. The lowest BCUT2D eigenvalue weighted by molar-refractivity contribution is 0.00578. The van der Waals surface area contributed by atoms with Gasteiger partial charge in [0, 0.05) is 9.58 Å². The first kappa shape index (κ1) is 15.9. The van der Waals surface area contributed by atoms with Crippen LogP contribution in [0.25, 0.3) is 20.5 Å². The van der Waals surface area contributed by atoms with Gasteiger partial charge >= 0.3 is 7.12 Å². The molecule has 0 spiro atoms. The molecule has 24 heavy (non-hydrogen) atoms. The molecule has 1 aliphatic heterocycles. The number of hydrogen-bond donors (Lipinski definition) is 0. The third-order valence-electron chi connectivity index (χ3n) is 5.12. The number of benzene rings is 2. The normalized spacial score (nSPS) is 19.1. The Morgan fingerprint density at radius 1 is 0.833 bits per heavy atom. The molecule has 0 saturated carbocycles. The van der Waals surface area contributed by atoms with Crippen LogP contribution in [0.4, 0.5) is 0 Å². The Morgan fingerprint density at radius 3 is 2.25 bits per heavy atom. The van der Waals surface area contributed by atoms with Gasteiger partial charge in [0.05, 0.1) is 11.2 Å². The van der Waals surface area contributed by atoms with E-state index in [0.717, 1.165) is 5.46 Å². The van der Waals surface area contributed by atoms with Crippen LogP contribution in [0.3, 0.4) is 0 Å². The average molecular weight is 336 g/mol. The van der Waals surface area contributed by atoms with Crippen LogP contribution in [0.2, 0.25) is 0 Å². The molecule has 2 nitrogen and oxygen atoms in total. The van der Waals surface area contributed by atoms with Crippen molar-refractivity contribution in [3.63, 3.8) is 0 Å². The van der Waals surface area contributed by atoms with E-state index in [1.54, 1.807) is 0 Å². The van der Waals surface area contributed by atoms with E-state index in [4.69, 9.17) is 9.31 Å². The minimum absolute atomic E-state index is 0.314. The summed E-state index contributed by atoms with van der Waals surface area (Å²) in [5.74, 6) is 0. The van der Waals surface area contributed by atoms with Crippen molar-refractivity contribution in [3.8, 4) is 10.4 Å². The summed E-state index contributed by atoms with van der Waals surface area (Å²) >= 11 is 1.82. The maximum absolute atomic E-state index is 6.18. The van der Waals surface area contributed by atoms with Crippen LogP contribution in [0.1, 0.15) is 27.7 Å². The van der Waals surface area contributed by atoms with Gasteiger partial charge in [0.25, 0.3) is 0 Å². The Balaban J connectivity index is 1.70. The molecule has 2 aromatic carbocycles. The Bertz CT molecular complexity index is 848. The molecule has 4 rings (SSSR count). The molecule has 1 aromatic heterocycles. The summed E-state index contributed by atoms with van der Waals surface area (Å²) in [6, 6.07) is 19.3. The molecule has 0 N–H and O–H groups in total. The number of fused-ring (bicyclic) bond motifs is 1. The lowest BCUT2D eigenvalue weighted by Gasteiger charge is -2.32. The van der Waals surface area contributed by atoms with Gasteiger partial charge in [0.2, 0.25) is 0 Å². The Kier molecular flexibility index (Phi) is 3.61. The van der Waals surface area contributed by atoms with Gasteiger partial charge < -0.3 is 9.31 Å². The zero-order valence-electron chi connectivity index (χ0n) is 14.5. The van der Waals surface area contributed by atoms with Gasteiger partial charge in [-0.3, -0.25) is 0 Å². The van der Waals surface area contributed by atoms with Crippen LogP contribution >= 0.6 is 11.3 Å². The second kappa shape index (κ2) is 5.45. The van der Waals surface area contributed by atoms with E-state index in [9.17, 15) is 0 Å². The smallest absolute Gasteiger partial charge is 0.399 e. The lowest BCUT2D eigenvalue weighted by Crippen LogP contribution is -2.41. The molecule has 1 saturated heterocycles. The molecule has 1 aliphatic rings. The molecule has 0 aliphatic carbocycles. The maximum atomic E-state index is 6.18. The van der Waals surface area contributed by atoms with Gasteiger partial charge in [-0.1, -0.05) is 42.5 Å². The van der Waals surface area contributed by atoms with Crippen LogP contribution in [0.5, 0.6) is 0 Å². The summed E-state index contributed by atoms with van der Waals surface area (Å²) < 4.78 is 13.7. The highest BCUT2D eigenvalue weighted by molar-refractivity contribution is 7.22. The van der Waals surface area contributed by atoms with Gasteiger partial charge in [-0.15, -0.1) is 11.3 Å². The predicted molar refractivity (Wildman–Crippen MR) is 103 cm³/mol. The summed E-state index contributed by atoms with van der Waals surface area (Å²) in [5.41, 5.74) is 1.66. The van der Waals surface area contributed by atoms with Crippen LogP contribution in [-0.4, -0.2) is 18.3 Å². The van der Waals surface area contributed by atoms with E-state index in [2.05, 4.69) is 82.3 Å². The van der Waals surface area contributed by atoms with Gasteiger partial charge in [-0.05, 0) is 56.2 Å². The summed E-state index contributed by atoms with van der Waals surface area (Å²) in [7, 11) is -0.315. The molecule has 2 heterocycles. The molecular weight excluding hydrogens is 315 g/mol.